The lowest BCUT2D eigenvalue weighted by atomic mass is 9.33. The van der Waals surface area contributed by atoms with Crippen molar-refractivity contribution in [3.05, 3.63) is 137 Å². The van der Waals surface area contributed by atoms with E-state index in [-0.39, 0.29) is 24.3 Å². The van der Waals surface area contributed by atoms with Crippen molar-refractivity contribution in [2.75, 3.05) is 16.6 Å². The molecular formula is C50H47BN2O3. The van der Waals surface area contributed by atoms with Gasteiger partial charge < -0.3 is 18.8 Å². The molecule has 6 heteroatoms. The Morgan fingerprint density at radius 1 is 0.571 bits per heavy atom. The number of fused-ring (bicyclic) bond motifs is 7. The minimum Gasteiger partial charge on any atom is -0.454 e. The largest absolute Gasteiger partial charge is 0.454 e. The molecule has 0 fully saturated rings. The van der Waals surface area contributed by atoms with Crippen molar-refractivity contribution < 1.29 is 13.9 Å². The molecule has 0 radical (unpaired) electrons. The molecule has 0 atom stereocenters. The molecule has 278 valence electrons. The smallest absolute Gasteiger partial charge is 0.257 e. The van der Waals surface area contributed by atoms with Crippen LogP contribution in [0.3, 0.4) is 0 Å². The number of anilines is 6. The van der Waals surface area contributed by atoms with Crippen molar-refractivity contribution in [1.82, 2.24) is 0 Å². The molecule has 3 aliphatic rings. The van der Waals surface area contributed by atoms with Gasteiger partial charge in [0.1, 0.15) is 5.58 Å². The van der Waals surface area contributed by atoms with Gasteiger partial charge in [0.25, 0.3) is 6.71 Å². The van der Waals surface area contributed by atoms with Crippen LogP contribution in [-0.2, 0) is 10.8 Å². The van der Waals surface area contributed by atoms with E-state index in [4.69, 9.17) is 13.9 Å². The van der Waals surface area contributed by atoms with Gasteiger partial charge in [0.15, 0.2) is 11.5 Å². The van der Waals surface area contributed by atoms with Crippen LogP contribution in [0.15, 0.2) is 114 Å². The second kappa shape index (κ2) is 12.1. The van der Waals surface area contributed by atoms with E-state index in [1.807, 2.05) is 0 Å². The number of benzene rings is 6. The summed E-state index contributed by atoms with van der Waals surface area (Å²) in [6, 6.07) is 40.2. The fourth-order valence-electron chi connectivity index (χ4n) is 9.26. The molecule has 0 bridgehead atoms. The number of hydrogen-bond acceptors (Lipinski definition) is 5. The van der Waals surface area contributed by atoms with E-state index in [9.17, 15) is 0 Å². The molecule has 0 amide bonds. The zero-order valence-electron chi connectivity index (χ0n) is 33.8. The van der Waals surface area contributed by atoms with Crippen molar-refractivity contribution in [1.29, 1.82) is 0 Å². The summed E-state index contributed by atoms with van der Waals surface area (Å²) in [5, 5.41) is 1.12. The Hall–Kier alpha value is -5.88. The summed E-state index contributed by atoms with van der Waals surface area (Å²) in [6.45, 7) is 20.5. The summed E-state index contributed by atoms with van der Waals surface area (Å²) < 4.78 is 19.3. The Kier molecular flexibility index (Phi) is 7.45. The standard InChI is InChI=1S/C50H47BN2O3/c1-29-21-40-46-41(22-29)53(47-30(2)23-34(24-31(47)3)50(7,8)9)48-45(35-17-13-14-18-42(35)56-48)51(46)37-26-43-44(55-28-54-43)27-39(37)52(40)38-20-19-33(49(4,5)6)25-36(38)32-15-11-10-12-16-32/h10-27H,28H2,1-9H3. The van der Waals surface area contributed by atoms with Crippen LogP contribution in [0.5, 0.6) is 11.5 Å². The number of rotatable bonds is 3. The van der Waals surface area contributed by atoms with Crippen LogP contribution in [-0.4, -0.2) is 13.5 Å². The predicted molar refractivity (Wildman–Crippen MR) is 233 cm³/mol. The minimum atomic E-state index is -0.125. The number of aryl methyl sites for hydroxylation is 3. The Morgan fingerprint density at radius 3 is 1.91 bits per heavy atom. The van der Waals surface area contributed by atoms with Crippen molar-refractivity contribution >= 4 is 68.4 Å². The zero-order chi connectivity index (χ0) is 38.8. The van der Waals surface area contributed by atoms with Gasteiger partial charge in [0.05, 0.1) is 11.4 Å². The third kappa shape index (κ3) is 5.15. The maximum absolute atomic E-state index is 7.06. The maximum atomic E-state index is 7.06. The van der Waals surface area contributed by atoms with E-state index < -0.39 is 0 Å². The number of furan rings is 1. The topological polar surface area (TPSA) is 38.1 Å². The number of hydrogen-bond donors (Lipinski definition) is 0. The number of ether oxygens (including phenoxy) is 2. The Morgan fingerprint density at radius 2 is 1.21 bits per heavy atom. The van der Waals surface area contributed by atoms with Gasteiger partial charge in [-0.3, -0.25) is 4.90 Å². The summed E-state index contributed by atoms with van der Waals surface area (Å²) in [6.07, 6.45) is 0. The molecule has 0 spiro atoms. The molecule has 7 aromatic rings. The fourth-order valence-corrected chi connectivity index (χ4v) is 9.26. The highest BCUT2D eigenvalue weighted by Crippen LogP contribution is 2.51. The molecule has 5 nitrogen and oxygen atoms in total. The molecule has 0 saturated heterocycles. The lowest BCUT2D eigenvalue weighted by Gasteiger charge is -2.43. The SMILES string of the molecule is Cc1cc2c3c(c1)N(c1c(C)cc(C(C)(C)C)cc1C)c1oc4ccccc4c1B3c1cc3c(cc1N2c1ccc(C(C)(C)C)cc1-c1ccccc1)OCO3. The van der Waals surface area contributed by atoms with Crippen molar-refractivity contribution in [3.8, 4) is 22.6 Å². The molecule has 0 saturated carbocycles. The molecule has 10 rings (SSSR count). The molecule has 0 N–H and O–H groups in total. The normalized spacial score (nSPS) is 14.3. The summed E-state index contributed by atoms with van der Waals surface area (Å²) in [7, 11) is 0. The zero-order valence-corrected chi connectivity index (χ0v) is 33.8. The van der Waals surface area contributed by atoms with Crippen LogP contribution in [0.4, 0.5) is 34.3 Å². The van der Waals surface area contributed by atoms with Gasteiger partial charge in [-0.05, 0) is 112 Å². The quantitative estimate of drug-likeness (QED) is 0.169. The minimum absolute atomic E-state index is 0.0172. The van der Waals surface area contributed by atoms with Crippen molar-refractivity contribution in [2.24, 2.45) is 0 Å². The fraction of sp³-hybridized carbons (Fsp3) is 0.240. The van der Waals surface area contributed by atoms with Crippen molar-refractivity contribution in [2.45, 2.75) is 73.1 Å². The second-order valence-corrected chi connectivity index (χ2v) is 18.0. The van der Waals surface area contributed by atoms with Crippen molar-refractivity contribution in [3.63, 3.8) is 0 Å². The first-order chi connectivity index (χ1) is 26.8. The third-order valence-electron chi connectivity index (χ3n) is 12.0. The molecule has 56 heavy (non-hydrogen) atoms. The van der Waals surface area contributed by atoms with E-state index in [1.165, 1.54) is 49.9 Å². The Labute approximate surface area is 330 Å². The van der Waals surface area contributed by atoms with Gasteiger partial charge in [0.2, 0.25) is 12.7 Å². The first kappa shape index (κ1) is 34.6. The van der Waals surface area contributed by atoms with Gasteiger partial charge in [-0.1, -0.05) is 108 Å². The molecule has 0 unspecified atom stereocenters. The molecule has 0 aliphatic carbocycles. The van der Waals surface area contributed by atoms with E-state index in [0.717, 1.165) is 62.3 Å². The highest BCUT2D eigenvalue weighted by Gasteiger charge is 2.48. The first-order valence-electron chi connectivity index (χ1n) is 19.8. The number of nitrogens with zero attached hydrogens (tertiary/aromatic N) is 2. The van der Waals surface area contributed by atoms with Gasteiger partial charge in [-0.2, -0.15) is 0 Å². The van der Waals surface area contributed by atoms with Gasteiger partial charge in [0, 0.05) is 39.5 Å². The molecule has 3 aliphatic heterocycles. The van der Waals surface area contributed by atoms with Gasteiger partial charge in [-0.25, -0.2) is 0 Å². The van der Waals surface area contributed by atoms with E-state index in [2.05, 4.69) is 181 Å². The average Bonchev–Trinajstić information content (AvgIpc) is 3.78. The van der Waals surface area contributed by atoms with Crippen LogP contribution < -0.4 is 35.7 Å². The van der Waals surface area contributed by atoms with Crippen LogP contribution in [0.2, 0.25) is 0 Å². The Bertz CT molecular complexity index is 2730. The molecule has 1 aromatic heterocycles. The highest BCUT2D eigenvalue weighted by molar-refractivity contribution is 7.01. The van der Waals surface area contributed by atoms with Crippen LogP contribution >= 0.6 is 0 Å². The van der Waals surface area contributed by atoms with E-state index >= 15 is 0 Å². The van der Waals surface area contributed by atoms with Crippen LogP contribution in [0.1, 0.15) is 69.4 Å². The first-order valence-corrected chi connectivity index (χ1v) is 19.8. The third-order valence-corrected chi connectivity index (χ3v) is 12.0. The van der Waals surface area contributed by atoms with Gasteiger partial charge in [-0.15, -0.1) is 0 Å². The monoisotopic (exact) mass is 734 g/mol. The lowest BCUT2D eigenvalue weighted by molar-refractivity contribution is 0.174. The summed E-state index contributed by atoms with van der Waals surface area (Å²) >= 11 is 0. The van der Waals surface area contributed by atoms with E-state index in [1.54, 1.807) is 0 Å². The highest BCUT2D eigenvalue weighted by atomic mass is 16.7. The number of para-hydroxylation sites is 1. The molecule has 6 aromatic carbocycles. The summed E-state index contributed by atoms with van der Waals surface area (Å²) in [5.74, 6) is 2.40. The van der Waals surface area contributed by atoms with Gasteiger partial charge >= 0.3 is 0 Å². The predicted octanol–water partition coefficient (Wildman–Crippen LogP) is 11.4. The second-order valence-electron chi connectivity index (χ2n) is 18.0. The van der Waals surface area contributed by atoms with Crippen LogP contribution in [0, 0.1) is 20.8 Å². The lowest BCUT2D eigenvalue weighted by Crippen LogP contribution is -2.61. The van der Waals surface area contributed by atoms with E-state index in [0.29, 0.717) is 0 Å². The average molecular weight is 735 g/mol. The molecule has 4 heterocycles. The summed E-state index contributed by atoms with van der Waals surface area (Å²) in [5.41, 5.74) is 18.7. The summed E-state index contributed by atoms with van der Waals surface area (Å²) in [4.78, 5) is 4.91. The Balaban J connectivity index is 1.33. The van der Waals surface area contributed by atoms with Crippen LogP contribution in [0.25, 0.3) is 22.1 Å². The maximum Gasteiger partial charge on any atom is 0.257 e. The molecular weight excluding hydrogens is 687 g/mol.